The first-order valence-electron chi connectivity index (χ1n) is 11.3. The number of imidazole rings is 1. The molecular formula is C25H21F3N8O. The van der Waals surface area contributed by atoms with Crippen molar-refractivity contribution in [2.75, 3.05) is 18.5 Å². The van der Waals surface area contributed by atoms with Crippen LogP contribution in [0, 0.1) is 5.95 Å². The number of halogens is 3. The number of hydrogen-bond acceptors (Lipinski definition) is 8. The van der Waals surface area contributed by atoms with E-state index in [-0.39, 0.29) is 23.6 Å². The summed E-state index contributed by atoms with van der Waals surface area (Å²) in [6, 6.07) is 12.9. The van der Waals surface area contributed by atoms with E-state index in [0.717, 1.165) is 0 Å². The van der Waals surface area contributed by atoms with Gasteiger partial charge in [-0.15, -0.1) is 0 Å². The molecule has 0 amide bonds. The predicted octanol–water partition coefficient (Wildman–Crippen LogP) is 4.50. The Morgan fingerprint density at radius 3 is 2.70 bits per heavy atom. The third-order valence-electron chi connectivity index (χ3n) is 5.37. The van der Waals surface area contributed by atoms with Crippen molar-refractivity contribution in [3.05, 3.63) is 78.4 Å². The second kappa shape index (κ2) is 10.6. The summed E-state index contributed by atoms with van der Waals surface area (Å²) in [6.07, 6.45) is 0.126. The van der Waals surface area contributed by atoms with Crippen molar-refractivity contribution in [2.24, 2.45) is 5.73 Å². The van der Waals surface area contributed by atoms with Crippen molar-refractivity contribution in [3.63, 3.8) is 0 Å². The van der Waals surface area contributed by atoms with Gasteiger partial charge in [0.25, 0.3) is 6.43 Å². The number of hydrogen-bond donors (Lipinski definition) is 3. The molecule has 5 rings (SSSR count). The molecule has 0 radical (unpaired) electrons. The minimum Gasteiger partial charge on any atom is -0.475 e. The van der Waals surface area contributed by atoms with Crippen LogP contribution in [-0.4, -0.2) is 43.1 Å². The SMILES string of the molecule is NCCOc1cnc2ccc(-c3[nH]c(CNc4cccnc4F)nc3-c3cccc(C(F)F)n3)cc2n1. The topological polar surface area (TPSA) is 128 Å². The van der Waals surface area contributed by atoms with Gasteiger partial charge in [0, 0.05) is 18.3 Å². The van der Waals surface area contributed by atoms with Crippen LogP contribution in [-0.2, 0) is 6.54 Å². The Morgan fingerprint density at radius 1 is 1.00 bits per heavy atom. The Balaban J connectivity index is 1.56. The van der Waals surface area contributed by atoms with E-state index in [2.05, 4.69) is 35.2 Å². The maximum Gasteiger partial charge on any atom is 0.280 e. The molecular weight excluding hydrogens is 485 g/mol. The predicted molar refractivity (Wildman–Crippen MR) is 131 cm³/mol. The van der Waals surface area contributed by atoms with E-state index in [1.54, 1.807) is 30.3 Å². The zero-order chi connectivity index (χ0) is 25.8. The molecule has 37 heavy (non-hydrogen) atoms. The molecule has 0 bridgehead atoms. The molecule has 4 aromatic heterocycles. The van der Waals surface area contributed by atoms with Crippen molar-refractivity contribution < 1.29 is 17.9 Å². The number of nitrogens with one attached hydrogen (secondary N) is 2. The Labute approximate surface area is 209 Å². The molecule has 0 spiro atoms. The molecule has 12 heteroatoms. The fourth-order valence-electron chi connectivity index (χ4n) is 3.69. The molecule has 0 saturated heterocycles. The largest absolute Gasteiger partial charge is 0.475 e. The first kappa shape index (κ1) is 24.1. The van der Waals surface area contributed by atoms with Gasteiger partial charge < -0.3 is 20.8 Å². The summed E-state index contributed by atoms with van der Waals surface area (Å²) in [6.45, 7) is 0.751. The van der Waals surface area contributed by atoms with Crippen molar-refractivity contribution in [2.45, 2.75) is 13.0 Å². The first-order valence-corrected chi connectivity index (χ1v) is 11.3. The van der Waals surface area contributed by atoms with Gasteiger partial charge in [-0.05, 0) is 36.4 Å². The van der Waals surface area contributed by atoms with Crippen LogP contribution < -0.4 is 15.8 Å². The number of ether oxygens (including phenoxy) is 1. The Bertz CT molecular complexity index is 1540. The molecule has 0 unspecified atom stereocenters. The minimum absolute atomic E-state index is 0.120. The molecule has 4 heterocycles. The summed E-state index contributed by atoms with van der Waals surface area (Å²) in [5.41, 5.74) is 8.33. The van der Waals surface area contributed by atoms with Gasteiger partial charge in [-0.25, -0.2) is 33.7 Å². The van der Waals surface area contributed by atoms with E-state index >= 15 is 0 Å². The lowest BCUT2D eigenvalue weighted by atomic mass is 10.1. The van der Waals surface area contributed by atoms with Crippen LogP contribution in [0.5, 0.6) is 5.88 Å². The van der Waals surface area contributed by atoms with Crippen LogP contribution in [0.15, 0.2) is 60.9 Å². The van der Waals surface area contributed by atoms with Crippen molar-refractivity contribution >= 4 is 16.7 Å². The molecule has 0 aliphatic heterocycles. The fraction of sp³-hybridized carbons (Fsp3) is 0.160. The van der Waals surface area contributed by atoms with E-state index in [0.29, 0.717) is 52.8 Å². The van der Waals surface area contributed by atoms with E-state index < -0.39 is 12.4 Å². The number of benzene rings is 1. The monoisotopic (exact) mass is 506 g/mol. The van der Waals surface area contributed by atoms with Crippen LogP contribution in [0.3, 0.4) is 0 Å². The highest BCUT2D eigenvalue weighted by Gasteiger charge is 2.19. The van der Waals surface area contributed by atoms with Crippen LogP contribution in [0.1, 0.15) is 17.9 Å². The van der Waals surface area contributed by atoms with Gasteiger partial charge in [0.1, 0.15) is 23.8 Å². The summed E-state index contributed by atoms with van der Waals surface area (Å²) >= 11 is 0. The van der Waals surface area contributed by atoms with Gasteiger partial charge >= 0.3 is 0 Å². The molecule has 0 atom stereocenters. The zero-order valence-electron chi connectivity index (χ0n) is 19.3. The van der Waals surface area contributed by atoms with Crippen molar-refractivity contribution in [1.29, 1.82) is 0 Å². The third kappa shape index (κ3) is 5.33. The Morgan fingerprint density at radius 2 is 1.89 bits per heavy atom. The van der Waals surface area contributed by atoms with E-state index in [9.17, 15) is 13.2 Å². The van der Waals surface area contributed by atoms with Crippen molar-refractivity contribution in [3.8, 4) is 28.5 Å². The summed E-state index contributed by atoms with van der Waals surface area (Å²) in [5.74, 6) is 0.111. The molecule has 0 aliphatic carbocycles. The Kier molecular flexibility index (Phi) is 6.90. The van der Waals surface area contributed by atoms with Gasteiger partial charge in [0.15, 0.2) is 0 Å². The third-order valence-corrected chi connectivity index (χ3v) is 5.37. The normalized spacial score (nSPS) is 11.3. The quantitative estimate of drug-likeness (QED) is 0.249. The number of H-pyrrole nitrogens is 1. The lowest BCUT2D eigenvalue weighted by Gasteiger charge is -2.07. The molecule has 0 aliphatic rings. The summed E-state index contributed by atoms with van der Waals surface area (Å²) < 4.78 is 46.2. The highest BCUT2D eigenvalue weighted by Crippen LogP contribution is 2.32. The maximum atomic E-state index is 14.0. The number of aromatic nitrogens is 6. The number of anilines is 1. The second-order valence-electron chi connectivity index (χ2n) is 7.90. The summed E-state index contributed by atoms with van der Waals surface area (Å²) in [4.78, 5) is 24.4. The number of fused-ring (bicyclic) bond motifs is 1. The van der Waals surface area contributed by atoms with Gasteiger partial charge in [0.05, 0.1) is 40.9 Å². The molecule has 5 aromatic rings. The van der Waals surface area contributed by atoms with Gasteiger partial charge in [0.2, 0.25) is 11.8 Å². The first-order chi connectivity index (χ1) is 18.0. The number of aromatic amines is 1. The van der Waals surface area contributed by atoms with E-state index in [1.165, 1.54) is 24.5 Å². The highest BCUT2D eigenvalue weighted by atomic mass is 19.3. The number of nitrogens with two attached hydrogens (primary N) is 1. The maximum absolute atomic E-state index is 14.0. The smallest absolute Gasteiger partial charge is 0.280 e. The lowest BCUT2D eigenvalue weighted by molar-refractivity contribution is 0.146. The average molecular weight is 506 g/mol. The summed E-state index contributed by atoms with van der Waals surface area (Å²) in [5, 5.41) is 2.94. The number of alkyl halides is 2. The highest BCUT2D eigenvalue weighted by molar-refractivity contribution is 5.85. The molecule has 0 fully saturated rings. The van der Waals surface area contributed by atoms with Crippen LogP contribution in [0.25, 0.3) is 33.7 Å². The molecule has 0 saturated carbocycles. The van der Waals surface area contributed by atoms with Crippen LogP contribution in [0.4, 0.5) is 18.9 Å². The van der Waals surface area contributed by atoms with Crippen LogP contribution >= 0.6 is 0 Å². The van der Waals surface area contributed by atoms with E-state index in [1.807, 2.05) is 6.07 Å². The average Bonchev–Trinajstić information content (AvgIpc) is 3.35. The molecule has 9 nitrogen and oxygen atoms in total. The zero-order valence-corrected chi connectivity index (χ0v) is 19.3. The minimum atomic E-state index is -2.74. The number of rotatable bonds is 9. The fourth-order valence-corrected chi connectivity index (χ4v) is 3.69. The second-order valence-corrected chi connectivity index (χ2v) is 7.90. The lowest BCUT2D eigenvalue weighted by Crippen LogP contribution is -2.11. The standard InChI is InChI=1S/C25H21F3N8O/c26-24(27)17-4-1-3-16(33-17)23-22(35-20(36-23)12-31-18-5-2-9-30-25(18)28)14-6-7-15-19(11-14)34-21(13-32-15)37-10-8-29/h1-7,9,11,13,24,31H,8,10,12,29H2,(H,35,36). The van der Waals surface area contributed by atoms with Gasteiger partial charge in [-0.2, -0.15) is 4.39 Å². The number of pyridine rings is 2. The van der Waals surface area contributed by atoms with Gasteiger partial charge in [-0.3, -0.25) is 0 Å². The van der Waals surface area contributed by atoms with E-state index in [4.69, 9.17) is 10.5 Å². The molecule has 4 N–H and O–H groups in total. The molecule has 188 valence electrons. The molecule has 1 aromatic carbocycles. The number of nitrogens with zero attached hydrogens (tertiary/aromatic N) is 5. The summed E-state index contributed by atoms with van der Waals surface area (Å²) in [7, 11) is 0. The Hall–Kier alpha value is -4.58. The van der Waals surface area contributed by atoms with Crippen molar-refractivity contribution in [1.82, 2.24) is 29.9 Å². The van der Waals surface area contributed by atoms with Crippen LogP contribution in [0.2, 0.25) is 0 Å². The van der Waals surface area contributed by atoms with Gasteiger partial charge in [-0.1, -0.05) is 12.1 Å².